The van der Waals surface area contributed by atoms with Crippen LogP contribution in [-0.2, 0) is 44.8 Å². The second kappa shape index (κ2) is 27.7. The van der Waals surface area contributed by atoms with Gasteiger partial charge in [0.15, 0.2) is 32.9 Å². The van der Waals surface area contributed by atoms with Crippen molar-refractivity contribution in [3.63, 3.8) is 0 Å². The number of ether oxygens (including phenoxy) is 2. The number of ketones is 2. The number of benzene rings is 6. The number of hydrogen-bond donors (Lipinski definition) is 0. The van der Waals surface area contributed by atoms with Crippen molar-refractivity contribution in [2.24, 2.45) is 0 Å². The molecule has 0 unspecified atom stereocenters. The van der Waals surface area contributed by atoms with Gasteiger partial charge < -0.3 is 19.3 Å². The maximum atomic E-state index is 15.2. The molecule has 86 heavy (non-hydrogen) atoms. The Balaban J connectivity index is 0.000000209. The molecule has 9 rings (SSSR count). The monoisotopic (exact) mass is 1260 g/mol. The van der Waals surface area contributed by atoms with Crippen molar-refractivity contribution in [1.29, 1.82) is 0 Å². The number of sulfone groups is 1. The normalized spacial score (nSPS) is 14.0. The van der Waals surface area contributed by atoms with Gasteiger partial charge >= 0.3 is 6.03 Å². The Morgan fingerprint density at radius 2 is 1.03 bits per heavy atom. The molecule has 3 aliphatic heterocycles. The molecule has 0 aliphatic carbocycles. The van der Waals surface area contributed by atoms with E-state index in [0.29, 0.717) is 53.7 Å². The number of Topliss-reactive ketones (excluding diaryl/α,β-unsaturated/α-hetero) is 2. The lowest BCUT2D eigenvalue weighted by atomic mass is 10.0. The van der Waals surface area contributed by atoms with Gasteiger partial charge in [0.25, 0.3) is 21.8 Å². The second-order valence-corrected chi connectivity index (χ2v) is 24.3. The third kappa shape index (κ3) is 15.0. The molecule has 0 saturated carbocycles. The zero-order valence-electron chi connectivity index (χ0n) is 46.6. The number of anilines is 1. The van der Waals surface area contributed by atoms with Crippen LogP contribution in [0.25, 0.3) is 22.3 Å². The summed E-state index contributed by atoms with van der Waals surface area (Å²) in [5.74, 6) is -7.95. The van der Waals surface area contributed by atoms with Crippen LogP contribution in [0.3, 0.4) is 0 Å². The smallest absolute Gasteiger partial charge is 0.332 e. The predicted molar refractivity (Wildman–Crippen MR) is 311 cm³/mol. The van der Waals surface area contributed by atoms with Gasteiger partial charge in [0, 0.05) is 80.2 Å². The highest BCUT2D eigenvalue weighted by Crippen LogP contribution is 2.41. The molecule has 3 aliphatic rings. The van der Waals surface area contributed by atoms with Gasteiger partial charge in [-0.15, -0.1) is 6.58 Å². The standard InChI is InChI=1S/C28H25ClF2N2O5S.C26H22ClF2NO5S.C6H8N2O3/c1-3-10-33(25-15-21(23(30)16-24(25)31)19-8-5-4-6-9-19)39(36,37)26-14-20(28(35)32-11-7-12-32)13-22(29)27(26)38-17-18(2)34;1-16(31)14-35-25-21(27)11-18(26(32)30-8-5-9-30)12-24(25)36(33,34)15-19-10-20(23(29)13-22(19)28)17-6-3-2-4-7-17;1-7-4(9)3-5(10)8(2)6(7)11/h3-6,8-9,13-16H,1,7,10-12,17H2,2H3;2-4,6-7,10-13H,5,8-9,14-15H2,1H3;3H2,1-2H3. The lowest BCUT2D eigenvalue weighted by Crippen LogP contribution is -2.51. The molecule has 0 bridgehead atoms. The molecule has 18 nitrogen and oxygen atoms in total. The topological polar surface area (TPSA) is 222 Å². The molecule has 6 aromatic rings. The van der Waals surface area contributed by atoms with Gasteiger partial charge in [0.1, 0.15) is 52.7 Å². The number of sulfonamides is 1. The fraction of sp³-hybridized carbons (Fsp3) is 0.250. The number of urea groups is 1. The summed E-state index contributed by atoms with van der Waals surface area (Å²) >= 11 is 12.7. The summed E-state index contributed by atoms with van der Waals surface area (Å²) in [6, 6.07) is 24.2. The number of amides is 6. The molecule has 0 spiro atoms. The number of rotatable bonds is 18. The number of halogens is 6. The van der Waals surface area contributed by atoms with Crippen LogP contribution >= 0.6 is 23.2 Å². The quantitative estimate of drug-likeness (QED) is 0.0444. The number of carbonyl (C=O) groups is 7. The van der Waals surface area contributed by atoms with E-state index in [1.807, 2.05) is 0 Å². The number of likely N-dealkylation sites (tertiary alicyclic amines) is 2. The zero-order valence-corrected chi connectivity index (χ0v) is 49.7. The van der Waals surface area contributed by atoms with E-state index in [1.165, 1.54) is 56.0 Å². The van der Waals surface area contributed by atoms with Crippen LogP contribution in [-0.4, -0.2) is 138 Å². The molecule has 0 radical (unpaired) electrons. The SMILES string of the molecule is C=CCN(c1cc(-c2ccccc2)c(F)cc1F)S(=O)(=O)c1cc(C(=O)N2CCC2)cc(Cl)c1OCC(C)=O.CC(=O)COc1c(Cl)cc(C(=O)N2CCC2)cc1S(=O)(=O)Cc1cc(-c2ccccc2)c(F)cc1F.CN1C(=O)CC(=O)N(C)C1=O. The Bertz CT molecular complexity index is 3890. The minimum atomic E-state index is -4.71. The van der Waals surface area contributed by atoms with Crippen molar-refractivity contribution in [2.45, 2.75) is 48.7 Å². The fourth-order valence-corrected chi connectivity index (χ4v) is 12.4. The number of carbonyl (C=O) groups excluding carboxylic acids is 7. The first-order valence-electron chi connectivity index (χ1n) is 26.2. The van der Waals surface area contributed by atoms with Gasteiger partial charge in [0.05, 0.1) is 28.0 Å². The lowest BCUT2D eigenvalue weighted by Gasteiger charge is -2.31. The van der Waals surface area contributed by atoms with Crippen molar-refractivity contribution >= 4 is 90.0 Å². The third-order valence-corrected chi connectivity index (χ3v) is 17.4. The first-order valence-corrected chi connectivity index (χ1v) is 30.0. The van der Waals surface area contributed by atoms with Crippen molar-refractivity contribution < 1.29 is 77.4 Å². The zero-order chi connectivity index (χ0) is 62.9. The van der Waals surface area contributed by atoms with Crippen molar-refractivity contribution in [2.75, 3.05) is 64.3 Å². The maximum absolute atomic E-state index is 15.2. The molecule has 0 atom stereocenters. The molecule has 452 valence electrons. The Morgan fingerprint density at radius 3 is 1.47 bits per heavy atom. The van der Waals surface area contributed by atoms with Gasteiger partial charge in [-0.05, 0) is 74.2 Å². The molecule has 3 fully saturated rings. The van der Waals surface area contributed by atoms with Gasteiger partial charge in [-0.2, -0.15) is 0 Å². The van der Waals surface area contributed by atoms with Crippen LogP contribution in [0.15, 0.2) is 132 Å². The Morgan fingerprint density at radius 1 is 0.605 bits per heavy atom. The van der Waals surface area contributed by atoms with E-state index < -0.39 is 120 Å². The van der Waals surface area contributed by atoms with Crippen molar-refractivity contribution in [3.05, 3.63) is 172 Å². The summed E-state index contributed by atoms with van der Waals surface area (Å²) < 4.78 is 126. The first kappa shape index (κ1) is 65.1. The highest BCUT2D eigenvalue weighted by atomic mass is 35.5. The number of imide groups is 2. The summed E-state index contributed by atoms with van der Waals surface area (Å²) in [7, 11) is -6.38. The highest BCUT2D eigenvalue weighted by Gasteiger charge is 2.36. The fourth-order valence-electron chi connectivity index (χ4n) is 8.60. The minimum Gasteiger partial charge on any atom is -0.483 e. The summed E-state index contributed by atoms with van der Waals surface area (Å²) in [4.78, 5) is 85.3. The van der Waals surface area contributed by atoms with Gasteiger partial charge in [0.2, 0.25) is 11.8 Å². The highest BCUT2D eigenvalue weighted by molar-refractivity contribution is 7.93. The third-order valence-electron chi connectivity index (χ3n) is 13.4. The number of barbiturate groups is 1. The lowest BCUT2D eigenvalue weighted by molar-refractivity contribution is -0.140. The number of nitrogens with zero attached hydrogens (tertiary/aromatic N) is 5. The Labute approximate surface area is 503 Å². The van der Waals surface area contributed by atoms with Crippen LogP contribution < -0.4 is 13.8 Å². The number of hydrogen-bond acceptors (Lipinski definition) is 13. The molecule has 3 heterocycles. The molecule has 0 N–H and O–H groups in total. The summed E-state index contributed by atoms with van der Waals surface area (Å²) in [6.45, 7) is 6.80. The second-order valence-electron chi connectivity index (χ2n) is 19.7. The van der Waals surface area contributed by atoms with Crippen LogP contribution in [0.2, 0.25) is 10.0 Å². The molecule has 0 aromatic heterocycles. The van der Waals surface area contributed by atoms with Crippen LogP contribution in [0, 0.1) is 23.3 Å². The Kier molecular flexibility index (Phi) is 21.0. The average molecular weight is 1270 g/mol. The largest absolute Gasteiger partial charge is 0.483 e. The summed E-state index contributed by atoms with van der Waals surface area (Å²) in [6.07, 6.45) is 2.66. The average Bonchev–Trinajstić information content (AvgIpc) is 0.848. The van der Waals surface area contributed by atoms with E-state index in [9.17, 15) is 63.6 Å². The predicted octanol–water partition coefficient (Wildman–Crippen LogP) is 9.98. The first-order chi connectivity index (χ1) is 40.6. The molecular weight excluding hydrogens is 1210 g/mol. The van der Waals surface area contributed by atoms with E-state index in [2.05, 4.69) is 6.58 Å². The molecular formula is C60H55Cl2F4N5O13S2. The molecule has 6 aromatic carbocycles. The van der Waals surface area contributed by atoms with E-state index in [1.54, 1.807) is 60.7 Å². The van der Waals surface area contributed by atoms with E-state index in [-0.39, 0.29) is 61.6 Å². The maximum Gasteiger partial charge on any atom is 0.332 e. The van der Waals surface area contributed by atoms with Gasteiger partial charge in [-0.3, -0.25) is 42.9 Å². The van der Waals surface area contributed by atoms with E-state index >= 15 is 4.39 Å². The van der Waals surface area contributed by atoms with Crippen LogP contribution in [0.1, 0.15) is 59.4 Å². The molecule has 6 amide bonds. The van der Waals surface area contributed by atoms with E-state index in [0.717, 1.165) is 46.9 Å². The van der Waals surface area contributed by atoms with Crippen LogP contribution in [0.5, 0.6) is 11.5 Å². The summed E-state index contributed by atoms with van der Waals surface area (Å²) in [5, 5.41) is -0.393. The van der Waals surface area contributed by atoms with Gasteiger partial charge in [-0.1, -0.05) is 89.9 Å². The van der Waals surface area contributed by atoms with Crippen molar-refractivity contribution in [3.8, 4) is 33.8 Å². The van der Waals surface area contributed by atoms with Crippen LogP contribution in [0.4, 0.5) is 28.0 Å². The molecule has 26 heteroatoms. The molecule has 3 saturated heterocycles. The minimum absolute atomic E-state index is 0.0171. The van der Waals surface area contributed by atoms with Gasteiger partial charge in [-0.25, -0.2) is 39.2 Å². The summed E-state index contributed by atoms with van der Waals surface area (Å²) in [5.41, 5.74) is 0.146. The van der Waals surface area contributed by atoms with E-state index in [4.69, 9.17) is 32.7 Å². The van der Waals surface area contributed by atoms with Crippen molar-refractivity contribution in [1.82, 2.24) is 19.6 Å². The Hall–Kier alpha value is -8.45.